The third-order valence-electron chi connectivity index (χ3n) is 4.46. The van der Waals surface area contributed by atoms with E-state index in [1.165, 1.54) is 18.2 Å². The van der Waals surface area contributed by atoms with Crippen LogP contribution in [-0.4, -0.2) is 14.3 Å². The van der Waals surface area contributed by atoms with E-state index < -0.39 is 21.7 Å². The van der Waals surface area contributed by atoms with Gasteiger partial charge in [-0.05, 0) is 49.7 Å². The Balaban J connectivity index is 1.80. The average Bonchev–Trinajstić information content (AvgIpc) is 2.69. The fourth-order valence-electron chi connectivity index (χ4n) is 2.76. The lowest BCUT2D eigenvalue weighted by molar-refractivity contribution is 0.0949. The number of sulfonamides is 1. The second-order valence-corrected chi connectivity index (χ2v) is 8.40. The molecule has 0 radical (unpaired) electrons. The van der Waals surface area contributed by atoms with Gasteiger partial charge < -0.3 is 5.32 Å². The Hall–Kier alpha value is -3.19. The number of carbonyl (C=O) groups is 1. The van der Waals surface area contributed by atoms with Crippen LogP contribution < -0.4 is 10.0 Å². The topological polar surface area (TPSA) is 75.3 Å². The van der Waals surface area contributed by atoms with Crippen molar-refractivity contribution in [3.63, 3.8) is 0 Å². The van der Waals surface area contributed by atoms with Crippen LogP contribution in [0.1, 0.15) is 27.0 Å². The number of anilines is 1. The second kappa shape index (κ2) is 8.45. The van der Waals surface area contributed by atoms with E-state index in [1.54, 1.807) is 55.5 Å². The van der Waals surface area contributed by atoms with Crippen LogP contribution in [0.5, 0.6) is 0 Å². The standard InChI is InChI=1S/C22H21FN2O3S/c1-15-7-10-18(11-8-15)25-29(27,28)19-12-9-16(2)20(13-19)22(26)24-14-17-5-3-4-6-21(17)23/h3-13,25H,14H2,1-2H3,(H,24,26). The Morgan fingerprint density at radius 2 is 1.66 bits per heavy atom. The summed E-state index contributed by atoms with van der Waals surface area (Å²) in [5.74, 6) is -0.888. The highest BCUT2D eigenvalue weighted by Crippen LogP contribution is 2.20. The number of nitrogens with one attached hydrogen (secondary N) is 2. The van der Waals surface area contributed by atoms with Gasteiger partial charge in [-0.15, -0.1) is 0 Å². The van der Waals surface area contributed by atoms with E-state index >= 15 is 0 Å². The molecular formula is C22H21FN2O3S. The second-order valence-electron chi connectivity index (χ2n) is 6.72. The molecule has 0 bridgehead atoms. The summed E-state index contributed by atoms with van der Waals surface area (Å²) in [6.45, 7) is 3.62. The predicted molar refractivity (Wildman–Crippen MR) is 111 cm³/mol. The molecule has 2 N–H and O–H groups in total. The van der Waals surface area contributed by atoms with E-state index in [4.69, 9.17) is 0 Å². The number of rotatable bonds is 6. The zero-order valence-corrected chi connectivity index (χ0v) is 16.9. The minimum Gasteiger partial charge on any atom is -0.348 e. The molecule has 0 aromatic heterocycles. The molecule has 0 spiro atoms. The van der Waals surface area contributed by atoms with Gasteiger partial charge >= 0.3 is 0 Å². The van der Waals surface area contributed by atoms with Crippen molar-refractivity contribution in [1.82, 2.24) is 5.32 Å². The molecule has 3 aromatic rings. The number of amides is 1. The predicted octanol–water partition coefficient (Wildman–Crippen LogP) is 4.17. The van der Waals surface area contributed by atoms with Crippen LogP contribution in [0.2, 0.25) is 0 Å². The van der Waals surface area contributed by atoms with Crippen molar-refractivity contribution in [2.45, 2.75) is 25.3 Å². The van der Waals surface area contributed by atoms with E-state index in [2.05, 4.69) is 10.0 Å². The van der Waals surface area contributed by atoms with Gasteiger partial charge in [0.25, 0.3) is 15.9 Å². The maximum Gasteiger partial charge on any atom is 0.261 e. The maximum atomic E-state index is 13.7. The van der Waals surface area contributed by atoms with E-state index in [-0.39, 0.29) is 17.0 Å². The van der Waals surface area contributed by atoms with Crippen LogP contribution in [0.15, 0.2) is 71.6 Å². The van der Waals surface area contributed by atoms with Gasteiger partial charge in [0.2, 0.25) is 0 Å². The van der Waals surface area contributed by atoms with E-state index in [9.17, 15) is 17.6 Å². The fourth-order valence-corrected chi connectivity index (χ4v) is 3.85. The molecule has 0 aliphatic heterocycles. The molecule has 0 unspecified atom stereocenters. The van der Waals surface area contributed by atoms with Crippen molar-refractivity contribution in [3.05, 3.63) is 94.8 Å². The summed E-state index contributed by atoms with van der Waals surface area (Å²) in [5, 5.41) is 2.64. The lowest BCUT2D eigenvalue weighted by atomic mass is 10.1. The summed E-state index contributed by atoms with van der Waals surface area (Å²) < 4.78 is 41.6. The summed E-state index contributed by atoms with van der Waals surface area (Å²) >= 11 is 0. The molecule has 5 nitrogen and oxygen atoms in total. The van der Waals surface area contributed by atoms with Crippen molar-refractivity contribution < 1.29 is 17.6 Å². The molecule has 1 amide bonds. The van der Waals surface area contributed by atoms with Crippen LogP contribution in [0.3, 0.4) is 0 Å². The number of carbonyl (C=O) groups excluding carboxylic acids is 1. The first-order valence-corrected chi connectivity index (χ1v) is 10.5. The highest BCUT2D eigenvalue weighted by molar-refractivity contribution is 7.92. The van der Waals surface area contributed by atoms with Crippen LogP contribution in [-0.2, 0) is 16.6 Å². The number of aryl methyl sites for hydroxylation is 2. The third kappa shape index (κ3) is 5.00. The summed E-state index contributed by atoms with van der Waals surface area (Å²) in [7, 11) is -3.86. The minimum absolute atomic E-state index is 0.00351. The Bertz CT molecular complexity index is 1140. The van der Waals surface area contributed by atoms with Crippen molar-refractivity contribution in [2.75, 3.05) is 4.72 Å². The molecule has 7 heteroatoms. The Morgan fingerprint density at radius 1 is 0.966 bits per heavy atom. The molecule has 3 aromatic carbocycles. The first-order valence-electron chi connectivity index (χ1n) is 8.98. The van der Waals surface area contributed by atoms with Crippen LogP contribution in [0.25, 0.3) is 0 Å². The molecule has 0 saturated carbocycles. The summed E-state index contributed by atoms with van der Waals surface area (Å²) in [5.41, 5.74) is 2.63. The molecule has 0 aliphatic carbocycles. The Morgan fingerprint density at radius 3 is 2.34 bits per heavy atom. The van der Waals surface area contributed by atoms with E-state index in [0.29, 0.717) is 16.8 Å². The molecule has 29 heavy (non-hydrogen) atoms. The SMILES string of the molecule is Cc1ccc(NS(=O)(=O)c2ccc(C)c(C(=O)NCc3ccccc3F)c2)cc1. The Kier molecular flexibility index (Phi) is 5.98. The summed E-state index contributed by atoms with van der Waals surface area (Å²) in [6.07, 6.45) is 0. The van der Waals surface area contributed by atoms with Gasteiger partial charge in [0, 0.05) is 23.4 Å². The number of hydrogen-bond donors (Lipinski definition) is 2. The van der Waals surface area contributed by atoms with Gasteiger partial charge in [-0.2, -0.15) is 0 Å². The summed E-state index contributed by atoms with van der Waals surface area (Å²) in [4.78, 5) is 12.5. The first kappa shape index (κ1) is 20.5. The molecule has 0 atom stereocenters. The monoisotopic (exact) mass is 412 g/mol. The van der Waals surface area contributed by atoms with Crippen molar-refractivity contribution >= 4 is 21.6 Å². The molecule has 0 heterocycles. The van der Waals surface area contributed by atoms with Crippen LogP contribution in [0, 0.1) is 19.7 Å². The highest BCUT2D eigenvalue weighted by Gasteiger charge is 2.18. The molecule has 3 rings (SSSR count). The Labute approximate surface area is 169 Å². The normalized spacial score (nSPS) is 11.1. The van der Waals surface area contributed by atoms with Gasteiger partial charge in [-0.3, -0.25) is 9.52 Å². The minimum atomic E-state index is -3.86. The quantitative estimate of drug-likeness (QED) is 0.638. The van der Waals surface area contributed by atoms with Gasteiger partial charge in [0.15, 0.2) is 0 Å². The fraction of sp³-hybridized carbons (Fsp3) is 0.136. The summed E-state index contributed by atoms with van der Waals surface area (Å²) in [6, 6.07) is 17.4. The number of hydrogen-bond acceptors (Lipinski definition) is 3. The molecular weight excluding hydrogens is 391 g/mol. The lowest BCUT2D eigenvalue weighted by Crippen LogP contribution is -2.24. The lowest BCUT2D eigenvalue weighted by Gasteiger charge is -2.12. The molecule has 0 saturated heterocycles. The van der Waals surface area contributed by atoms with Crippen LogP contribution in [0.4, 0.5) is 10.1 Å². The van der Waals surface area contributed by atoms with Crippen molar-refractivity contribution in [3.8, 4) is 0 Å². The van der Waals surface area contributed by atoms with Gasteiger partial charge in [0.05, 0.1) is 4.90 Å². The highest BCUT2D eigenvalue weighted by atomic mass is 32.2. The molecule has 0 aliphatic rings. The molecule has 0 fully saturated rings. The first-order chi connectivity index (χ1) is 13.8. The van der Waals surface area contributed by atoms with Crippen molar-refractivity contribution in [2.24, 2.45) is 0 Å². The zero-order chi connectivity index (χ0) is 21.0. The molecule has 150 valence electrons. The van der Waals surface area contributed by atoms with E-state index in [0.717, 1.165) is 5.56 Å². The largest absolute Gasteiger partial charge is 0.348 e. The van der Waals surface area contributed by atoms with Crippen LogP contribution >= 0.6 is 0 Å². The smallest absolute Gasteiger partial charge is 0.261 e. The zero-order valence-electron chi connectivity index (χ0n) is 16.1. The van der Waals surface area contributed by atoms with Gasteiger partial charge in [0.1, 0.15) is 5.82 Å². The van der Waals surface area contributed by atoms with Gasteiger partial charge in [-0.25, -0.2) is 12.8 Å². The van der Waals surface area contributed by atoms with Crippen molar-refractivity contribution in [1.29, 1.82) is 0 Å². The van der Waals surface area contributed by atoms with E-state index in [1.807, 2.05) is 6.92 Å². The average molecular weight is 412 g/mol. The third-order valence-corrected chi connectivity index (χ3v) is 5.84. The number of benzene rings is 3. The maximum absolute atomic E-state index is 13.7. The number of halogens is 1. The van der Waals surface area contributed by atoms with Gasteiger partial charge in [-0.1, -0.05) is 42.0 Å².